The molecule has 1 rings (SSSR count). The van der Waals surface area contributed by atoms with E-state index in [2.05, 4.69) is 19.9 Å². The van der Waals surface area contributed by atoms with Crippen molar-refractivity contribution in [3.8, 4) is 0 Å². The second kappa shape index (κ2) is 8.30. The molecule has 0 radical (unpaired) electrons. The number of rotatable bonds is 7. The van der Waals surface area contributed by atoms with Crippen molar-refractivity contribution in [2.24, 2.45) is 0 Å². The Morgan fingerprint density at radius 3 is 2.23 bits per heavy atom. The highest BCUT2D eigenvalue weighted by Crippen LogP contribution is 2.15. The van der Waals surface area contributed by atoms with Crippen molar-refractivity contribution >= 4 is 10.0 Å². The van der Waals surface area contributed by atoms with Gasteiger partial charge in [0.2, 0.25) is 10.0 Å². The molecular formula is C18H27NO2S. The molecule has 0 heterocycles. The van der Waals surface area contributed by atoms with Crippen LogP contribution in [0.4, 0.5) is 0 Å². The molecule has 0 aliphatic carbocycles. The third-order valence-corrected chi connectivity index (χ3v) is 5.35. The molecule has 0 amide bonds. The van der Waals surface area contributed by atoms with Gasteiger partial charge in [0.05, 0.1) is 4.90 Å². The zero-order chi connectivity index (χ0) is 16.8. The summed E-state index contributed by atoms with van der Waals surface area (Å²) in [5.41, 5.74) is 3.58. The van der Waals surface area contributed by atoms with Crippen molar-refractivity contribution in [3.63, 3.8) is 0 Å². The lowest BCUT2D eigenvalue weighted by molar-refractivity contribution is 0.498. The van der Waals surface area contributed by atoms with Crippen LogP contribution >= 0.6 is 0 Å². The van der Waals surface area contributed by atoms with Gasteiger partial charge in [-0.05, 0) is 52.7 Å². The minimum atomic E-state index is -3.41. The number of aryl methyl sites for hydroxylation is 1. The maximum atomic E-state index is 12.4. The third kappa shape index (κ3) is 5.78. The number of likely N-dealkylation sites (N-methyl/N-ethyl adjacent to an activating group) is 1. The molecule has 1 aromatic rings. The van der Waals surface area contributed by atoms with E-state index in [0.29, 0.717) is 11.4 Å². The highest BCUT2D eigenvalue weighted by atomic mass is 32.2. The largest absolute Gasteiger partial charge is 0.243 e. The Bertz CT molecular complexity index is 636. The van der Waals surface area contributed by atoms with Gasteiger partial charge in [-0.15, -0.1) is 0 Å². The molecule has 1 aromatic carbocycles. The van der Waals surface area contributed by atoms with E-state index in [9.17, 15) is 8.42 Å². The van der Waals surface area contributed by atoms with Crippen LogP contribution in [-0.2, 0) is 10.0 Å². The van der Waals surface area contributed by atoms with Crippen LogP contribution in [-0.4, -0.2) is 26.3 Å². The fraction of sp³-hybridized carbons (Fsp3) is 0.444. The molecule has 0 unspecified atom stereocenters. The van der Waals surface area contributed by atoms with E-state index in [1.165, 1.54) is 15.5 Å². The first kappa shape index (κ1) is 18.7. The maximum Gasteiger partial charge on any atom is 0.243 e. The minimum absolute atomic E-state index is 0.344. The van der Waals surface area contributed by atoms with E-state index in [-0.39, 0.29) is 0 Å². The van der Waals surface area contributed by atoms with E-state index in [4.69, 9.17) is 0 Å². The van der Waals surface area contributed by atoms with Crippen molar-refractivity contribution in [2.45, 2.75) is 45.4 Å². The van der Waals surface area contributed by atoms with E-state index in [0.717, 1.165) is 18.4 Å². The molecule has 3 nitrogen and oxygen atoms in total. The number of nitrogens with zero attached hydrogens (tertiary/aromatic N) is 1. The lowest BCUT2D eigenvalue weighted by atomic mass is 10.1. The number of hydrogen-bond acceptors (Lipinski definition) is 2. The first-order chi connectivity index (χ1) is 10.2. The second-order valence-electron chi connectivity index (χ2n) is 5.97. The fourth-order valence-electron chi connectivity index (χ4n) is 1.96. The van der Waals surface area contributed by atoms with Crippen molar-refractivity contribution < 1.29 is 8.42 Å². The summed E-state index contributed by atoms with van der Waals surface area (Å²) in [6.45, 7) is 8.56. The molecule has 0 spiro atoms. The number of allylic oxidation sites excluding steroid dienone is 3. The smallest absolute Gasteiger partial charge is 0.207 e. The van der Waals surface area contributed by atoms with Gasteiger partial charge in [0.15, 0.2) is 0 Å². The predicted octanol–water partition coefficient (Wildman–Crippen LogP) is 4.31. The average Bonchev–Trinajstić information content (AvgIpc) is 2.44. The molecular weight excluding hydrogens is 294 g/mol. The van der Waals surface area contributed by atoms with E-state index < -0.39 is 10.0 Å². The van der Waals surface area contributed by atoms with Gasteiger partial charge in [0.1, 0.15) is 0 Å². The SMILES string of the molecule is CC(C)=CCC/C(C)=C/CN(C)S(=O)(=O)c1ccc(C)cc1. The third-order valence-electron chi connectivity index (χ3n) is 3.52. The summed E-state index contributed by atoms with van der Waals surface area (Å²) in [7, 11) is -1.79. The van der Waals surface area contributed by atoms with E-state index in [1.807, 2.05) is 32.1 Å². The minimum Gasteiger partial charge on any atom is -0.207 e. The summed E-state index contributed by atoms with van der Waals surface area (Å²) in [5, 5.41) is 0. The standard InChI is InChI=1S/C18H27NO2S/c1-15(2)7-6-8-16(3)13-14-19(5)22(20,21)18-11-9-17(4)10-12-18/h7,9-13H,6,8,14H2,1-5H3/b16-13+. The molecule has 0 fully saturated rings. The zero-order valence-corrected chi connectivity index (χ0v) is 15.1. The number of benzene rings is 1. The molecule has 4 heteroatoms. The van der Waals surface area contributed by atoms with Crippen LogP contribution in [0.15, 0.2) is 52.5 Å². The maximum absolute atomic E-state index is 12.4. The lowest BCUT2D eigenvalue weighted by Gasteiger charge is -2.16. The first-order valence-corrected chi connectivity index (χ1v) is 8.99. The van der Waals surface area contributed by atoms with Crippen LogP contribution in [0.2, 0.25) is 0 Å². The summed E-state index contributed by atoms with van der Waals surface area (Å²) in [6.07, 6.45) is 6.15. The van der Waals surface area contributed by atoms with Crippen molar-refractivity contribution in [2.75, 3.05) is 13.6 Å². The Morgan fingerprint density at radius 2 is 1.68 bits per heavy atom. The molecule has 0 N–H and O–H groups in total. The van der Waals surface area contributed by atoms with Crippen LogP contribution in [0.1, 0.15) is 39.2 Å². The second-order valence-corrected chi connectivity index (χ2v) is 8.01. The van der Waals surface area contributed by atoms with E-state index in [1.54, 1.807) is 19.2 Å². The monoisotopic (exact) mass is 321 g/mol. The van der Waals surface area contributed by atoms with Crippen molar-refractivity contribution in [1.82, 2.24) is 4.31 Å². The van der Waals surface area contributed by atoms with E-state index >= 15 is 0 Å². The molecule has 0 aromatic heterocycles. The average molecular weight is 321 g/mol. The quantitative estimate of drug-likeness (QED) is 0.702. The van der Waals surface area contributed by atoms with Gasteiger partial charge >= 0.3 is 0 Å². The molecule has 0 bridgehead atoms. The molecule has 0 saturated carbocycles. The topological polar surface area (TPSA) is 37.4 Å². The number of hydrogen-bond donors (Lipinski definition) is 0. The summed E-state index contributed by atoms with van der Waals surface area (Å²) < 4.78 is 26.3. The van der Waals surface area contributed by atoms with Gasteiger partial charge in [0, 0.05) is 13.6 Å². The summed E-state index contributed by atoms with van der Waals surface area (Å²) in [5.74, 6) is 0. The van der Waals surface area contributed by atoms with Gasteiger partial charge in [-0.3, -0.25) is 0 Å². The van der Waals surface area contributed by atoms with Crippen LogP contribution in [0.3, 0.4) is 0 Å². The van der Waals surface area contributed by atoms with Crippen molar-refractivity contribution in [3.05, 3.63) is 53.1 Å². The molecule has 22 heavy (non-hydrogen) atoms. The predicted molar refractivity (Wildman–Crippen MR) is 93.4 cm³/mol. The number of sulfonamides is 1. The van der Waals surface area contributed by atoms with Crippen LogP contribution in [0.5, 0.6) is 0 Å². The summed E-state index contributed by atoms with van der Waals surface area (Å²) in [4.78, 5) is 0.344. The van der Waals surface area contributed by atoms with Gasteiger partial charge in [-0.1, -0.05) is 41.0 Å². The highest BCUT2D eigenvalue weighted by molar-refractivity contribution is 7.89. The van der Waals surface area contributed by atoms with Crippen LogP contribution in [0.25, 0.3) is 0 Å². The Morgan fingerprint density at radius 1 is 1.09 bits per heavy atom. The van der Waals surface area contributed by atoms with Gasteiger partial charge in [0.25, 0.3) is 0 Å². The molecule has 0 aliphatic heterocycles. The van der Waals surface area contributed by atoms with Gasteiger partial charge in [-0.25, -0.2) is 8.42 Å². The van der Waals surface area contributed by atoms with Crippen LogP contribution < -0.4 is 0 Å². The molecule has 122 valence electrons. The summed E-state index contributed by atoms with van der Waals surface area (Å²) in [6, 6.07) is 6.96. The van der Waals surface area contributed by atoms with Crippen LogP contribution in [0, 0.1) is 6.92 Å². The fourth-order valence-corrected chi connectivity index (χ4v) is 3.07. The van der Waals surface area contributed by atoms with Gasteiger partial charge in [-0.2, -0.15) is 4.31 Å². The summed E-state index contributed by atoms with van der Waals surface area (Å²) >= 11 is 0. The molecule has 0 atom stereocenters. The Labute approximate surface area is 135 Å². The Balaban J connectivity index is 2.69. The molecule has 0 saturated heterocycles. The lowest BCUT2D eigenvalue weighted by Crippen LogP contribution is -2.27. The first-order valence-electron chi connectivity index (χ1n) is 7.55. The Kier molecular flexibility index (Phi) is 7.04. The van der Waals surface area contributed by atoms with Crippen molar-refractivity contribution in [1.29, 1.82) is 0 Å². The highest BCUT2D eigenvalue weighted by Gasteiger charge is 2.19. The van der Waals surface area contributed by atoms with Gasteiger partial charge < -0.3 is 0 Å². The normalized spacial score (nSPS) is 12.5. The molecule has 0 aliphatic rings. The zero-order valence-electron chi connectivity index (χ0n) is 14.3. The Hall–Kier alpha value is -1.39.